The van der Waals surface area contributed by atoms with Crippen molar-refractivity contribution in [2.45, 2.75) is 127 Å². The molecule has 0 spiro atoms. The van der Waals surface area contributed by atoms with E-state index in [1.165, 1.54) is 17.9 Å². The number of carbonyl (C=O) groups excluding carboxylic acids is 5. The molecule has 0 unspecified atom stereocenters. The van der Waals surface area contributed by atoms with Gasteiger partial charge in [0.15, 0.2) is 5.78 Å². The van der Waals surface area contributed by atoms with E-state index in [0.29, 0.717) is 41.6 Å². The van der Waals surface area contributed by atoms with Gasteiger partial charge in [0.2, 0.25) is 27.7 Å². The fourth-order valence-corrected chi connectivity index (χ4v) is 9.11. The number of benzene rings is 1. The Morgan fingerprint density at radius 3 is 2.47 bits per heavy atom. The van der Waals surface area contributed by atoms with Gasteiger partial charge in [-0.3, -0.25) is 23.9 Å². The number of ether oxygens (including phenoxy) is 2. The summed E-state index contributed by atoms with van der Waals surface area (Å²) in [5.74, 6) is -2.27. The molecule has 16 heteroatoms. The van der Waals surface area contributed by atoms with E-state index in [9.17, 15) is 32.4 Å². The van der Waals surface area contributed by atoms with E-state index in [2.05, 4.69) is 21.9 Å². The van der Waals surface area contributed by atoms with Crippen LogP contribution in [-0.4, -0.2) is 94.5 Å². The van der Waals surface area contributed by atoms with Crippen LogP contribution in [0.15, 0.2) is 30.9 Å². The number of hydrogen-bond donors (Lipinski definition) is 3. The molecule has 3 saturated carbocycles. The monoisotopic (exact) mass is 778 g/mol. The van der Waals surface area contributed by atoms with Crippen LogP contribution >= 0.6 is 0 Å². The van der Waals surface area contributed by atoms with E-state index in [1.807, 2.05) is 0 Å². The van der Waals surface area contributed by atoms with Gasteiger partial charge in [-0.05, 0) is 81.4 Å². The molecule has 7 atom stereocenters. The molecule has 3 aliphatic carbocycles. The van der Waals surface area contributed by atoms with E-state index in [0.717, 1.165) is 32.1 Å². The van der Waals surface area contributed by atoms with E-state index < -0.39 is 74.1 Å². The molecule has 1 aromatic heterocycles. The second kappa shape index (κ2) is 14.5. The summed E-state index contributed by atoms with van der Waals surface area (Å²) < 4.78 is 39.9. The first kappa shape index (κ1) is 38.7. The molecule has 7 rings (SSSR count). The average Bonchev–Trinajstić information content (AvgIpc) is 4.04. The Morgan fingerprint density at radius 1 is 1.04 bits per heavy atom. The number of carbonyl (C=O) groups is 5. The van der Waals surface area contributed by atoms with Gasteiger partial charge in [0.25, 0.3) is 5.91 Å². The molecule has 3 heterocycles. The number of alkyl carbamates (subject to hydrolysis) is 1. The molecular weight excluding hydrogens is 729 g/mol. The van der Waals surface area contributed by atoms with E-state index in [4.69, 9.17) is 19.4 Å². The van der Waals surface area contributed by atoms with Crippen molar-refractivity contribution < 1.29 is 41.9 Å². The molecule has 2 aromatic rings. The lowest BCUT2D eigenvalue weighted by Crippen LogP contribution is -2.60. The molecule has 0 radical (unpaired) electrons. The zero-order valence-corrected chi connectivity index (χ0v) is 32.6. The summed E-state index contributed by atoms with van der Waals surface area (Å²) >= 11 is 0. The van der Waals surface area contributed by atoms with Crippen LogP contribution in [0.1, 0.15) is 102 Å². The van der Waals surface area contributed by atoms with Gasteiger partial charge in [0.1, 0.15) is 35.5 Å². The number of nitrogens with one attached hydrogen (secondary N) is 3. The number of nitrogens with zero attached hydrogens (tertiary/aromatic N) is 3. The van der Waals surface area contributed by atoms with Crippen LogP contribution in [-0.2, 0) is 35.6 Å². The number of hydrogen-bond acceptors (Lipinski definition) is 11. The van der Waals surface area contributed by atoms with Gasteiger partial charge >= 0.3 is 6.09 Å². The second-order valence-corrected chi connectivity index (χ2v) is 18.8. The number of sulfonamides is 1. The standard InChI is InChI=1S/C39H50N6O9S/c1-6-24-19-39(24,36(49)44-55(51,52)26-13-14-26)43-33(47)30-18-25-20-45(30)35(48)32(38(3,4)5)42-37(50)54-31-17-23(31)10-8-7-9-11-28-34(53-25)41-29-16-22(21(2)46)12-15-27(29)40-28/h6,12,15-16,23-26,30-32H,1,7-11,13-14,17-20H2,2-5H3,(H,42,50)(H,43,47)(H,44,49)/t23-,24-,25-,30+,31-,32-,39-/m1/s1. The van der Waals surface area contributed by atoms with Gasteiger partial charge < -0.3 is 25.0 Å². The molecule has 2 aliphatic heterocycles. The first-order valence-electron chi connectivity index (χ1n) is 19.3. The van der Waals surface area contributed by atoms with Crippen LogP contribution in [0.25, 0.3) is 11.0 Å². The fourth-order valence-electron chi connectivity index (χ4n) is 7.75. The Kier molecular flexibility index (Phi) is 10.2. The highest BCUT2D eigenvalue weighted by Crippen LogP contribution is 2.46. The summed E-state index contributed by atoms with van der Waals surface area (Å²) in [5.41, 5.74) is -0.240. The van der Waals surface area contributed by atoms with Gasteiger partial charge in [-0.1, -0.05) is 39.7 Å². The fraction of sp³-hybridized carbons (Fsp3) is 0.615. The summed E-state index contributed by atoms with van der Waals surface area (Å²) in [4.78, 5) is 79.0. The number of fused-ring (bicyclic) bond motifs is 5. The van der Waals surface area contributed by atoms with Crippen molar-refractivity contribution >= 4 is 50.7 Å². The summed E-state index contributed by atoms with van der Waals surface area (Å²) in [6.45, 7) is 10.6. The molecule has 55 heavy (non-hydrogen) atoms. The van der Waals surface area contributed by atoms with Crippen LogP contribution in [0.2, 0.25) is 0 Å². The van der Waals surface area contributed by atoms with Crippen molar-refractivity contribution in [3.8, 4) is 5.88 Å². The van der Waals surface area contributed by atoms with Crippen molar-refractivity contribution in [3.63, 3.8) is 0 Å². The quantitative estimate of drug-likeness (QED) is 0.274. The number of aromatic nitrogens is 2. The van der Waals surface area contributed by atoms with Crippen molar-refractivity contribution in [2.24, 2.45) is 17.3 Å². The molecule has 5 aliphatic rings. The first-order valence-corrected chi connectivity index (χ1v) is 20.8. The molecule has 4 fully saturated rings. The zero-order chi connectivity index (χ0) is 39.4. The zero-order valence-electron chi connectivity index (χ0n) is 31.8. The number of rotatable bonds is 7. The lowest BCUT2D eigenvalue weighted by molar-refractivity contribution is -0.142. The minimum Gasteiger partial charge on any atom is -0.471 e. The molecule has 2 bridgehead atoms. The highest BCUT2D eigenvalue weighted by atomic mass is 32.2. The minimum absolute atomic E-state index is 0.00783. The topological polar surface area (TPSA) is 203 Å². The smallest absolute Gasteiger partial charge is 0.408 e. The summed E-state index contributed by atoms with van der Waals surface area (Å²) in [6, 6.07) is 2.85. The Labute approximate surface area is 320 Å². The van der Waals surface area contributed by atoms with E-state index >= 15 is 0 Å². The normalized spacial score (nSPS) is 29.9. The Bertz CT molecular complexity index is 2050. The van der Waals surface area contributed by atoms with Crippen LogP contribution in [0.5, 0.6) is 5.88 Å². The van der Waals surface area contributed by atoms with Gasteiger partial charge in [-0.2, -0.15) is 0 Å². The molecule has 1 aromatic carbocycles. The third-order valence-electron chi connectivity index (χ3n) is 11.5. The predicted molar refractivity (Wildman–Crippen MR) is 200 cm³/mol. The van der Waals surface area contributed by atoms with Gasteiger partial charge in [0, 0.05) is 17.9 Å². The molecule has 1 saturated heterocycles. The Balaban J connectivity index is 1.22. The average molecular weight is 779 g/mol. The van der Waals surface area contributed by atoms with Crippen LogP contribution < -0.4 is 20.1 Å². The second-order valence-electron chi connectivity index (χ2n) is 16.9. The molecular formula is C39H50N6O9S. The highest BCUT2D eigenvalue weighted by Gasteiger charge is 2.62. The van der Waals surface area contributed by atoms with Crippen LogP contribution in [0.3, 0.4) is 0 Å². The van der Waals surface area contributed by atoms with Crippen molar-refractivity contribution in [1.82, 2.24) is 30.2 Å². The van der Waals surface area contributed by atoms with Crippen LogP contribution in [0, 0.1) is 17.3 Å². The lowest BCUT2D eigenvalue weighted by atomic mass is 9.85. The maximum atomic E-state index is 14.6. The Hall–Kier alpha value is -4.60. The van der Waals surface area contributed by atoms with Gasteiger partial charge in [0.05, 0.1) is 22.8 Å². The molecule has 15 nitrogen and oxygen atoms in total. The summed E-state index contributed by atoms with van der Waals surface area (Å²) in [5, 5.41) is 4.92. The van der Waals surface area contributed by atoms with Crippen molar-refractivity contribution in [2.75, 3.05) is 6.54 Å². The van der Waals surface area contributed by atoms with E-state index in [-0.39, 0.29) is 43.1 Å². The minimum atomic E-state index is -3.91. The highest BCUT2D eigenvalue weighted by molar-refractivity contribution is 7.91. The largest absolute Gasteiger partial charge is 0.471 e. The first-order chi connectivity index (χ1) is 26.0. The number of Topliss-reactive ketones (excluding diaryl/α,β-unsaturated/α-hetero) is 1. The molecule has 4 amide bonds. The maximum absolute atomic E-state index is 14.6. The molecule has 3 N–H and O–H groups in total. The van der Waals surface area contributed by atoms with Gasteiger partial charge in [-0.15, -0.1) is 6.58 Å². The SMILES string of the molecule is C=C[C@@H]1C[C@]1(NC(=O)[C@@H]1C[C@@H]2CN1C(=O)[C@H](C(C)(C)C)NC(=O)O[C@@H]1C[C@H]1CCCCCc1nc3ccc(C(C)=O)cc3nc1O2)C(=O)NS(=O)(=O)C1CC1. The third-order valence-corrected chi connectivity index (χ3v) is 13.3. The number of aryl methyl sites for hydroxylation is 1. The number of amides is 4. The van der Waals surface area contributed by atoms with Crippen molar-refractivity contribution in [3.05, 3.63) is 42.1 Å². The van der Waals surface area contributed by atoms with E-state index in [1.54, 1.807) is 39.0 Å². The predicted octanol–water partition coefficient (Wildman–Crippen LogP) is 3.50. The van der Waals surface area contributed by atoms with Crippen molar-refractivity contribution in [1.29, 1.82) is 0 Å². The Morgan fingerprint density at radius 2 is 1.80 bits per heavy atom. The number of ketones is 1. The summed E-state index contributed by atoms with van der Waals surface area (Å²) in [7, 11) is -3.91. The maximum Gasteiger partial charge on any atom is 0.408 e. The third kappa shape index (κ3) is 8.19. The summed E-state index contributed by atoms with van der Waals surface area (Å²) in [6.07, 6.45) is 5.62. The van der Waals surface area contributed by atoms with Gasteiger partial charge in [-0.25, -0.2) is 23.2 Å². The molecule has 296 valence electrons. The van der Waals surface area contributed by atoms with Crippen LogP contribution in [0.4, 0.5) is 4.79 Å². The lowest BCUT2D eigenvalue weighted by Gasteiger charge is -2.35.